The molecule has 2 rings (SSSR count). The van der Waals surface area contributed by atoms with Gasteiger partial charge in [0.25, 0.3) is 0 Å². The minimum atomic E-state index is -0.228. The van der Waals surface area contributed by atoms with Crippen LogP contribution in [0.3, 0.4) is 0 Å². The van der Waals surface area contributed by atoms with E-state index >= 15 is 0 Å². The molecule has 3 nitrogen and oxygen atoms in total. The maximum atomic E-state index is 11.7. The summed E-state index contributed by atoms with van der Waals surface area (Å²) in [4.78, 5) is 11.7. The highest BCUT2D eigenvalue weighted by Crippen LogP contribution is 2.15. The monoisotopic (exact) mass is 256 g/mol. The van der Waals surface area contributed by atoms with Crippen molar-refractivity contribution < 1.29 is 14.3 Å². The number of aryl methyl sites for hydroxylation is 1. The van der Waals surface area contributed by atoms with Crippen molar-refractivity contribution in [3.05, 3.63) is 60.2 Å². The molecule has 0 aliphatic carbocycles. The summed E-state index contributed by atoms with van der Waals surface area (Å²) in [6.07, 6.45) is 0.991. The third kappa shape index (κ3) is 4.14. The predicted octanol–water partition coefficient (Wildman–Crippen LogP) is 3.23. The van der Waals surface area contributed by atoms with Crippen molar-refractivity contribution in [1.29, 1.82) is 0 Å². The molecule has 0 bridgehead atoms. The van der Waals surface area contributed by atoms with E-state index in [9.17, 15) is 4.79 Å². The first-order valence-corrected chi connectivity index (χ1v) is 6.16. The molecule has 2 aromatic carbocycles. The SMILES string of the molecule is COc1cccc(CCC(=O)Oc2ccccc2)c1. The van der Waals surface area contributed by atoms with Gasteiger partial charge in [0.05, 0.1) is 7.11 Å². The Morgan fingerprint density at radius 2 is 1.74 bits per heavy atom. The highest BCUT2D eigenvalue weighted by molar-refractivity contribution is 5.72. The average Bonchev–Trinajstić information content (AvgIpc) is 2.46. The van der Waals surface area contributed by atoms with Crippen LogP contribution in [0.15, 0.2) is 54.6 Å². The van der Waals surface area contributed by atoms with Crippen LogP contribution in [0.5, 0.6) is 11.5 Å². The van der Waals surface area contributed by atoms with Crippen molar-refractivity contribution in [1.82, 2.24) is 0 Å². The zero-order chi connectivity index (χ0) is 13.5. The summed E-state index contributed by atoms with van der Waals surface area (Å²) in [7, 11) is 1.63. The van der Waals surface area contributed by atoms with Gasteiger partial charge in [-0.1, -0.05) is 30.3 Å². The fourth-order valence-electron chi connectivity index (χ4n) is 1.75. The molecule has 0 aliphatic rings. The lowest BCUT2D eigenvalue weighted by Gasteiger charge is -2.05. The lowest BCUT2D eigenvalue weighted by Crippen LogP contribution is -2.08. The Morgan fingerprint density at radius 3 is 2.47 bits per heavy atom. The lowest BCUT2D eigenvalue weighted by atomic mass is 10.1. The summed E-state index contributed by atoms with van der Waals surface area (Å²) in [6, 6.07) is 16.8. The third-order valence-electron chi connectivity index (χ3n) is 2.73. The predicted molar refractivity (Wildman–Crippen MR) is 73.4 cm³/mol. The van der Waals surface area contributed by atoms with Gasteiger partial charge in [0.15, 0.2) is 0 Å². The van der Waals surface area contributed by atoms with Crippen LogP contribution in [0, 0.1) is 0 Å². The molecular weight excluding hydrogens is 240 g/mol. The van der Waals surface area contributed by atoms with Gasteiger partial charge in [0.2, 0.25) is 0 Å². The van der Waals surface area contributed by atoms with Crippen LogP contribution in [-0.4, -0.2) is 13.1 Å². The van der Waals surface area contributed by atoms with Crippen LogP contribution in [0.2, 0.25) is 0 Å². The average molecular weight is 256 g/mol. The van der Waals surface area contributed by atoms with E-state index in [4.69, 9.17) is 9.47 Å². The van der Waals surface area contributed by atoms with Gasteiger partial charge in [0.1, 0.15) is 11.5 Å². The smallest absolute Gasteiger partial charge is 0.311 e. The normalized spacial score (nSPS) is 9.95. The summed E-state index contributed by atoms with van der Waals surface area (Å²) < 4.78 is 10.4. The maximum absolute atomic E-state index is 11.7. The highest BCUT2D eigenvalue weighted by atomic mass is 16.5. The number of hydrogen-bond donors (Lipinski definition) is 0. The van der Waals surface area contributed by atoms with Crippen molar-refractivity contribution in [2.24, 2.45) is 0 Å². The Labute approximate surface area is 112 Å². The Kier molecular flexibility index (Phi) is 4.56. The number of hydrogen-bond acceptors (Lipinski definition) is 3. The fourth-order valence-corrected chi connectivity index (χ4v) is 1.75. The first kappa shape index (κ1) is 13.1. The van der Waals surface area contributed by atoms with Crippen LogP contribution in [-0.2, 0) is 11.2 Å². The van der Waals surface area contributed by atoms with Gasteiger partial charge in [-0.05, 0) is 36.2 Å². The molecule has 98 valence electrons. The Hall–Kier alpha value is -2.29. The number of carbonyl (C=O) groups is 1. The molecule has 0 heterocycles. The molecule has 3 heteroatoms. The second-order valence-corrected chi connectivity index (χ2v) is 4.14. The molecule has 0 saturated carbocycles. The molecule has 2 aromatic rings. The molecule has 0 aromatic heterocycles. The van der Waals surface area contributed by atoms with Crippen LogP contribution in [0.1, 0.15) is 12.0 Å². The van der Waals surface area contributed by atoms with Gasteiger partial charge in [-0.2, -0.15) is 0 Å². The van der Waals surface area contributed by atoms with E-state index in [1.165, 1.54) is 0 Å². The van der Waals surface area contributed by atoms with Crippen molar-refractivity contribution in [2.45, 2.75) is 12.8 Å². The lowest BCUT2D eigenvalue weighted by molar-refractivity contribution is -0.134. The molecule has 0 aliphatic heterocycles. The van der Waals surface area contributed by atoms with Gasteiger partial charge < -0.3 is 9.47 Å². The first-order chi connectivity index (χ1) is 9.28. The van der Waals surface area contributed by atoms with E-state index < -0.39 is 0 Å². The highest BCUT2D eigenvalue weighted by Gasteiger charge is 2.05. The van der Waals surface area contributed by atoms with Gasteiger partial charge in [-0.15, -0.1) is 0 Å². The minimum absolute atomic E-state index is 0.228. The Morgan fingerprint density at radius 1 is 1.00 bits per heavy atom. The number of esters is 1. The van der Waals surface area contributed by atoms with Crippen LogP contribution in [0.25, 0.3) is 0 Å². The van der Waals surface area contributed by atoms with Crippen LogP contribution in [0.4, 0.5) is 0 Å². The van der Waals surface area contributed by atoms with E-state index in [0.717, 1.165) is 11.3 Å². The quantitative estimate of drug-likeness (QED) is 0.608. The zero-order valence-corrected chi connectivity index (χ0v) is 10.8. The van der Waals surface area contributed by atoms with Gasteiger partial charge in [-0.3, -0.25) is 4.79 Å². The van der Waals surface area contributed by atoms with Crippen LogP contribution >= 0.6 is 0 Å². The number of rotatable bonds is 5. The number of benzene rings is 2. The molecule has 0 radical (unpaired) electrons. The Bertz CT molecular complexity index is 535. The summed E-state index contributed by atoms with van der Waals surface area (Å²) in [6.45, 7) is 0. The van der Waals surface area contributed by atoms with Crippen molar-refractivity contribution in [3.8, 4) is 11.5 Å². The van der Waals surface area contributed by atoms with Gasteiger partial charge in [-0.25, -0.2) is 0 Å². The molecule has 0 spiro atoms. The maximum Gasteiger partial charge on any atom is 0.311 e. The van der Waals surface area contributed by atoms with E-state index in [-0.39, 0.29) is 5.97 Å². The topological polar surface area (TPSA) is 35.5 Å². The van der Waals surface area contributed by atoms with Gasteiger partial charge in [0, 0.05) is 6.42 Å². The second kappa shape index (κ2) is 6.59. The number of methoxy groups -OCH3 is 1. The number of carbonyl (C=O) groups excluding carboxylic acids is 1. The minimum Gasteiger partial charge on any atom is -0.497 e. The number of para-hydroxylation sites is 1. The molecule has 0 unspecified atom stereocenters. The molecule has 0 atom stereocenters. The van der Waals surface area contributed by atoms with E-state index in [0.29, 0.717) is 18.6 Å². The van der Waals surface area contributed by atoms with Crippen molar-refractivity contribution >= 4 is 5.97 Å². The molecule has 19 heavy (non-hydrogen) atoms. The molecule has 0 fully saturated rings. The fraction of sp³-hybridized carbons (Fsp3) is 0.188. The largest absolute Gasteiger partial charge is 0.497 e. The van der Waals surface area contributed by atoms with Gasteiger partial charge >= 0.3 is 5.97 Å². The van der Waals surface area contributed by atoms with Crippen molar-refractivity contribution in [2.75, 3.05) is 7.11 Å². The molecule has 0 amide bonds. The summed E-state index contributed by atoms with van der Waals surface area (Å²) in [5.74, 6) is 1.15. The number of ether oxygens (including phenoxy) is 2. The van der Waals surface area contributed by atoms with Crippen LogP contribution < -0.4 is 9.47 Å². The standard InChI is InChI=1S/C16H16O3/c1-18-15-9-5-6-13(12-15)10-11-16(17)19-14-7-3-2-4-8-14/h2-9,12H,10-11H2,1H3. The molecule has 0 N–H and O–H groups in total. The van der Waals surface area contributed by atoms with E-state index in [1.807, 2.05) is 42.5 Å². The summed E-state index contributed by atoms with van der Waals surface area (Å²) in [5, 5.41) is 0. The first-order valence-electron chi connectivity index (χ1n) is 6.16. The van der Waals surface area contributed by atoms with E-state index in [1.54, 1.807) is 19.2 Å². The molecular formula is C16H16O3. The Balaban J connectivity index is 1.86. The van der Waals surface area contributed by atoms with E-state index in [2.05, 4.69) is 0 Å². The second-order valence-electron chi connectivity index (χ2n) is 4.14. The summed E-state index contributed by atoms with van der Waals surface area (Å²) >= 11 is 0. The van der Waals surface area contributed by atoms with Crippen molar-refractivity contribution in [3.63, 3.8) is 0 Å². The third-order valence-corrected chi connectivity index (χ3v) is 2.73. The molecule has 0 saturated heterocycles. The zero-order valence-electron chi connectivity index (χ0n) is 10.8. The summed E-state index contributed by atoms with van der Waals surface area (Å²) in [5.41, 5.74) is 1.06.